The van der Waals surface area contributed by atoms with E-state index >= 15 is 0 Å². The first kappa shape index (κ1) is 13.5. The summed E-state index contributed by atoms with van der Waals surface area (Å²) in [6.07, 6.45) is 2.67. The molecule has 2 rings (SSSR count). The molecule has 1 aliphatic rings. The van der Waals surface area contributed by atoms with Crippen LogP contribution < -0.4 is 4.72 Å². The van der Waals surface area contributed by atoms with Crippen LogP contribution in [0.25, 0.3) is 0 Å². The normalized spacial score (nSPS) is 24.4. The average Bonchev–Trinajstić information content (AvgIpc) is 2.66. The predicted octanol–water partition coefficient (Wildman–Crippen LogP) is 2.60. The molecule has 0 bridgehead atoms. The Bertz CT molecular complexity index is 542. The summed E-state index contributed by atoms with van der Waals surface area (Å²) in [7, 11) is -3.75. The van der Waals surface area contributed by atoms with Gasteiger partial charge in [0.05, 0.1) is 0 Å². The van der Waals surface area contributed by atoms with Gasteiger partial charge in [-0.2, -0.15) is 0 Å². The minimum atomic E-state index is -3.75. The SMILES string of the molecule is Cc1ccc(F)c(S(=O)(=O)NC2CCC(C)C2)c1. The second-order valence-corrected chi connectivity index (χ2v) is 6.85. The van der Waals surface area contributed by atoms with Crippen molar-refractivity contribution in [3.8, 4) is 0 Å². The standard InChI is InChI=1S/C13H18FNO2S/c1-9-3-5-11(7-9)15-18(16,17)13-8-10(2)4-6-12(13)14/h4,6,8-9,11,15H,3,5,7H2,1-2H3. The zero-order valence-electron chi connectivity index (χ0n) is 10.6. The summed E-state index contributed by atoms with van der Waals surface area (Å²) in [4.78, 5) is -0.248. The van der Waals surface area contributed by atoms with Crippen LogP contribution in [0.1, 0.15) is 31.7 Å². The van der Waals surface area contributed by atoms with E-state index in [4.69, 9.17) is 0 Å². The van der Waals surface area contributed by atoms with Crippen LogP contribution in [-0.2, 0) is 10.0 Å². The van der Waals surface area contributed by atoms with E-state index in [9.17, 15) is 12.8 Å². The van der Waals surface area contributed by atoms with Gasteiger partial charge in [-0.1, -0.05) is 13.0 Å². The molecule has 18 heavy (non-hydrogen) atoms. The highest BCUT2D eigenvalue weighted by atomic mass is 32.2. The zero-order valence-corrected chi connectivity index (χ0v) is 11.4. The van der Waals surface area contributed by atoms with Crippen LogP contribution in [-0.4, -0.2) is 14.5 Å². The third-order valence-corrected chi connectivity index (χ3v) is 4.93. The highest BCUT2D eigenvalue weighted by molar-refractivity contribution is 7.89. The maximum absolute atomic E-state index is 13.6. The lowest BCUT2D eigenvalue weighted by atomic mass is 10.1. The summed E-state index contributed by atoms with van der Waals surface area (Å²) in [5.74, 6) is -0.167. The van der Waals surface area contributed by atoms with Crippen LogP contribution in [0.2, 0.25) is 0 Å². The van der Waals surface area contributed by atoms with Crippen LogP contribution in [0.15, 0.2) is 23.1 Å². The molecule has 1 aromatic rings. The van der Waals surface area contributed by atoms with E-state index < -0.39 is 15.8 Å². The van der Waals surface area contributed by atoms with Gasteiger partial charge in [0.25, 0.3) is 0 Å². The van der Waals surface area contributed by atoms with Gasteiger partial charge in [-0.3, -0.25) is 0 Å². The molecule has 0 saturated heterocycles. The van der Waals surface area contributed by atoms with Crippen molar-refractivity contribution < 1.29 is 12.8 Å². The molecule has 1 fully saturated rings. The minimum Gasteiger partial charge on any atom is -0.208 e. The van der Waals surface area contributed by atoms with Gasteiger partial charge in [-0.05, 0) is 49.8 Å². The molecule has 1 aliphatic carbocycles. The Hall–Kier alpha value is -0.940. The lowest BCUT2D eigenvalue weighted by molar-refractivity contribution is 0.527. The second kappa shape index (κ2) is 4.97. The van der Waals surface area contributed by atoms with E-state index in [2.05, 4.69) is 11.6 Å². The van der Waals surface area contributed by atoms with Crippen molar-refractivity contribution >= 4 is 10.0 Å². The fraction of sp³-hybridized carbons (Fsp3) is 0.538. The molecule has 1 aromatic carbocycles. The molecular weight excluding hydrogens is 253 g/mol. The van der Waals surface area contributed by atoms with E-state index in [-0.39, 0.29) is 10.9 Å². The van der Waals surface area contributed by atoms with E-state index in [1.54, 1.807) is 13.0 Å². The quantitative estimate of drug-likeness (QED) is 0.918. The number of aryl methyl sites for hydroxylation is 1. The van der Waals surface area contributed by atoms with E-state index in [0.717, 1.165) is 24.8 Å². The highest BCUT2D eigenvalue weighted by Gasteiger charge is 2.28. The third kappa shape index (κ3) is 2.90. The van der Waals surface area contributed by atoms with Gasteiger partial charge in [-0.15, -0.1) is 0 Å². The summed E-state index contributed by atoms with van der Waals surface area (Å²) in [5, 5.41) is 0. The van der Waals surface area contributed by atoms with Crippen molar-refractivity contribution in [1.82, 2.24) is 4.72 Å². The van der Waals surface area contributed by atoms with Gasteiger partial charge >= 0.3 is 0 Å². The number of nitrogens with one attached hydrogen (secondary N) is 1. The first-order valence-electron chi connectivity index (χ1n) is 6.17. The van der Waals surface area contributed by atoms with Crippen LogP contribution in [0.5, 0.6) is 0 Å². The minimum absolute atomic E-state index is 0.0649. The largest absolute Gasteiger partial charge is 0.243 e. The van der Waals surface area contributed by atoms with Crippen LogP contribution in [0.4, 0.5) is 4.39 Å². The number of hydrogen-bond acceptors (Lipinski definition) is 2. The highest BCUT2D eigenvalue weighted by Crippen LogP contribution is 2.26. The maximum Gasteiger partial charge on any atom is 0.243 e. The average molecular weight is 271 g/mol. The number of benzene rings is 1. The molecule has 0 radical (unpaired) electrons. The van der Waals surface area contributed by atoms with Crippen molar-refractivity contribution in [2.75, 3.05) is 0 Å². The van der Waals surface area contributed by atoms with E-state index in [0.29, 0.717) is 5.92 Å². The van der Waals surface area contributed by atoms with Gasteiger partial charge < -0.3 is 0 Å². The predicted molar refractivity (Wildman–Crippen MR) is 68.3 cm³/mol. The second-order valence-electron chi connectivity index (χ2n) is 5.17. The summed E-state index contributed by atoms with van der Waals surface area (Å²) in [6.45, 7) is 3.84. The molecule has 100 valence electrons. The molecule has 2 atom stereocenters. The molecule has 1 saturated carbocycles. The van der Waals surface area contributed by atoms with Gasteiger partial charge in [-0.25, -0.2) is 17.5 Å². The Labute approximate surface area is 107 Å². The van der Waals surface area contributed by atoms with Crippen LogP contribution >= 0.6 is 0 Å². The molecule has 2 unspecified atom stereocenters. The first-order chi connectivity index (χ1) is 8.38. The summed E-state index contributed by atoms with van der Waals surface area (Å²) in [5.41, 5.74) is 0.733. The molecule has 1 N–H and O–H groups in total. The molecule has 0 spiro atoms. The van der Waals surface area contributed by atoms with Crippen molar-refractivity contribution in [1.29, 1.82) is 0 Å². The molecular formula is C13H18FNO2S. The summed E-state index contributed by atoms with van der Waals surface area (Å²) in [6, 6.07) is 4.06. The van der Waals surface area contributed by atoms with E-state index in [1.807, 2.05) is 0 Å². The maximum atomic E-state index is 13.6. The van der Waals surface area contributed by atoms with Crippen molar-refractivity contribution in [2.45, 2.75) is 44.0 Å². The summed E-state index contributed by atoms with van der Waals surface area (Å²) < 4.78 is 40.4. The molecule has 0 aliphatic heterocycles. The molecule has 0 amide bonds. The molecule has 5 heteroatoms. The Morgan fingerprint density at radius 1 is 1.33 bits per heavy atom. The lowest BCUT2D eigenvalue weighted by Crippen LogP contribution is -2.33. The molecule has 3 nitrogen and oxygen atoms in total. The number of hydrogen-bond donors (Lipinski definition) is 1. The topological polar surface area (TPSA) is 46.2 Å². The zero-order chi connectivity index (χ0) is 13.3. The van der Waals surface area contributed by atoms with Gasteiger partial charge in [0.2, 0.25) is 10.0 Å². The molecule has 0 aromatic heterocycles. The van der Waals surface area contributed by atoms with Gasteiger partial charge in [0.1, 0.15) is 10.7 Å². The Morgan fingerprint density at radius 2 is 2.06 bits per heavy atom. The van der Waals surface area contributed by atoms with Crippen molar-refractivity contribution in [2.24, 2.45) is 5.92 Å². The first-order valence-corrected chi connectivity index (χ1v) is 7.65. The Balaban J connectivity index is 2.23. The summed E-state index contributed by atoms with van der Waals surface area (Å²) >= 11 is 0. The smallest absolute Gasteiger partial charge is 0.208 e. The van der Waals surface area contributed by atoms with Gasteiger partial charge in [0, 0.05) is 6.04 Å². The lowest BCUT2D eigenvalue weighted by Gasteiger charge is -2.13. The number of rotatable bonds is 3. The Morgan fingerprint density at radius 3 is 2.67 bits per heavy atom. The number of sulfonamides is 1. The van der Waals surface area contributed by atoms with Gasteiger partial charge in [0.15, 0.2) is 0 Å². The van der Waals surface area contributed by atoms with Crippen LogP contribution in [0, 0.1) is 18.7 Å². The van der Waals surface area contributed by atoms with Crippen LogP contribution in [0.3, 0.4) is 0 Å². The van der Waals surface area contributed by atoms with Crippen molar-refractivity contribution in [3.63, 3.8) is 0 Å². The number of halogens is 1. The van der Waals surface area contributed by atoms with Crippen molar-refractivity contribution in [3.05, 3.63) is 29.6 Å². The third-order valence-electron chi connectivity index (χ3n) is 3.39. The monoisotopic (exact) mass is 271 g/mol. The Kier molecular flexibility index (Phi) is 3.73. The molecule has 0 heterocycles. The van der Waals surface area contributed by atoms with E-state index in [1.165, 1.54) is 12.1 Å². The fourth-order valence-electron chi connectivity index (χ4n) is 2.41. The fourth-order valence-corrected chi connectivity index (χ4v) is 3.86.